The van der Waals surface area contributed by atoms with Crippen molar-refractivity contribution in [3.8, 4) is 17.1 Å². The second kappa shape index (κ2) is 16.8. The van der Waals surface area contributed by atoms with Gasteiger partial charge in [-0.05, 0) is 83.2 Å². The molecule has 1 aliphatic heterocycles. The maximum absolute atomic E-state index is 13.5. The van der Waals surface area contributed by atoms with E-state index in [4.69, 9.17) is 14.5 Å². The average molecular weight is 795 g/mol. The van der Waals surface area contributed by atoms with Gasteiger partial charge in [0.1, 0.15) is 17.5 Å². The summed E-state index contributed by atoms with van der Waals surface area (Å²) in [6, 6.07) is 12.4. The number of carbonyl (C=O) groups excluding carboxylic acids is 1. The highest BCUT2D eigenvalue weighted by Crippen LogP contribution is 2.31. The van der Waals surface area contributed by atoms with Crippen molar-refractivity contribution in [2.45, 2.75) is 89.1 Å². The number of aromatic nitrogens is 4. The molecule has 0 radical (unpaired) electrons. The third kappa shape index (κ3) is 9.98. The molecule has 1 aliphatic carbocycles. The third-order valence-corrected chi connectivity index (χ3v) is 10.8. The number of rotatable bonds is 12. The van der Waals surface area contributed by atoms with Gasteiger partial charge in [-0.15, -0.1) is 12.4 Å². The van der Waals surface area contributed by atoms with E-state index in [9.17, 15) is 23.1 Å². The highest BCUT2D eigenvalue weighted by molar-refractivity contribution is 7.92. The van der Waals surface area contributed by atoms with E-state index in [1.165, 1.54) is 24.6 Å². The minimum Gasteiger partial charge on any atom is -0.478 e. The summed E-state index contributed by atoms with van der Waals surface area (Å²) in [6.07, 6.45) is 5.75. The van der Waals surface area contributed by atoms with E-state index in [-0.39, 0.29) is 47.8 Å². The van der Waals surface area contributed by atoms with Crippen molar-refractivity contribution >= 4 is 46.3 Å². The fraction of sp³-hybridized carbons (Fsp3) is 0.421. The van der Waals surface area contributed by atoms with Crippen molar-refractivity contribution < 1.29 is 32.6 Å². The van der Waals surface area contributed by atoms with Crippen molar-refractivity contribution in [3.05, 3.63) is 83.3 Å². The number of nitrogens with zero attached hydrogens (tertiary/aromatic N) is 6. The number of aryl methyl sites for hydroxylation is 2. The van der Waals surface area contributed by atoms with E-state index in [0.717, 1.165) is 47.1 Å². The van der Waals surface area contributed by atoms with Crippen LogP contribution in [0.3, 0.4) is 0 Å². The third-order valence-electron chi connectivity index (χ3n) is 9.45. The molecule has 15 nitrogen and oxygen atoms in total. The number of hydrogen-bond acceptors (Lipinski definition) is 12. The van der Waals surface area contributed by atoms with Crippen LogP contribution in [-0.2, 0) is 21.3 Å². The van der Waals surface area contributed by atoms with Gasteiger partial charge in [0.05, 0.1) is 40.6 Å². The van der Waals surface area contributed by atoms with Crippen LogP contribution >= 0.6 is 12.4 Å². The van der Waals surface area contributed by atoms with Crippen LogP contribution in [0.15, 0.2) is 65.8 Å². The molecular formula is C38H47ClN8O7S. The second-order valence-corrected chi connectivity index (χ2v) is 16.4. The molecule has 1 saturated heterocycles. The van der Waals surface area contributed by atoms with Crippen LogP contribution in [0.2, 0.25) is 0 Å². The van der Waals surface area contributed by atoms with Gasteiger partial charge in [-0.1, -0.05) is 24.3 Å². The molecule has 2 aromatic carbocycles. The van der Waals surface area contributed by atoms with E-state index in [2.05, 4.69) is 29.9 Å². The number of nitrogens with one attached hydrogen (secondary N) is 2. The minimum atomic E-state index is -4.33. The lowest BCUT2D eigenvalue weighted by atomic mass is 9.92. The number of likely N-dealkylation sites (tertiary alicyclic amines) is 1. The summed E-state index contributed by atoms with van der Waals surface area (Å²) < 4.78 is 41.7. The Morgan fingerprint density at radius 1 is 1.00 bits per heavy atom. The molecule has 0 bridgehead atoms. The molecule has 1 saturated carbocycles. The number of halogens is 1. The van der Waals surface area contributed by atoms with E-state index < -0.39 is 39.8 Å². The molecule has 4 aromatic rings. The Kier molecular flexibility index (Phi) is 12.5. The first-order valence-corrected chi connectivity index (χ1v) is 19.3. The molecule has 55 heavy (non-hydrogen) atoms. The van der Waals surface area contributed by atoms with Crippen LogP contribution in [0, 0.1) is 13.8 Å². The zero-order chi connectivity index (χ0) is 38.8. The predicted molar refractivity (Wildman–Crippen MR) is 209 cm³/mol. The second-order valence-electron chi connectivity index (χ2n) is 14.7. The monoisotopic (exact) mass is 794 g/mol. The Bertz CT molecular complexity index is 2130. The Morgan fingerprint density at radius 3 is 2.36 bits per heavy atom. The highest BCUT2D eigenvalue weighted by Gasteiger charge is 2.39. The number of hydrogen-bond donors (Lipinski definition) is 3. The van der Waals surface area contributed by atoms with E-state index in [1.807, 2.05) is 39.1 Å². The number of carbonyl (C=O) groups is 2. The minimum absolute atomic E-state index is 0. The molecule has 1 amide bonds. The molecule has 6 rings (SSSR count). The molecule has 0 spiro atoms. The summed E-state index contributed by atoms with van der Waals surface area (Å²) in [5.41, 5.74) is 2.77. The maximum atomic E-state index is 13.5. The standard InChI is InChI=1S/C38H46N8O7S.ClH/c1-23-10-7-11-24(2)34(23)29-17-33(43-36(42-29)44-54(50,51)28-15-8-12-25(16-28)35(47)48)52-31-22-46(37(49)53-38(3,4)5)21-30(31)40-19-26-18-39-20-32(41-26)45(6)27-13-9-14-27;/h7-8,10-12,15-18,20,27,30-31,40H,9,13-14,19,21-22H2,1-6H3,(H,47,48)(H,42,43,44);1H/t30-,31-;/m1./s1. The molecule has 294 valence electrons. The van der Waals surface area contributed by atoms with E-state index in [0.29, 0.717) is 18.3 Å². The van der Waals surface area contributed by atoms with Crippen LogP contribution < -0.4 is 19.7 Å². The van der Waals surface area contributed by atoms with Gasteiger partial charge in [0.25, 0.3) is 10.0 Å². The van der Waals surface area contributed by atoms with E-state index in [1.54, 1.807) is 44.1 Å². The van der Waals surface area contributed by atoms with Gasteiger partial charge in [0.2, 0.25) is 11.8 Å². The topological polar surface area (TPSA) is 189 Å². The molecule has 3 N–H and O–H groups in total. The van der Waals surface area contributed by atoms with Crippen molar-refractivity contribution in [2.24, 2.45) is 0 Å². The fourth-order valence-electron chi connectivity index (χ4n) is 6.42. The molecule has 2 atom stereocenters. The first-order chi connectivity index (χ1) is 25.6. The first-order valence-electron chi connectivity index (χ1n) is 17.8. The quantitative estimate of drug-likeness (QED) is 0.161. The number of sulfonamides is 1. The molecule has 17 heteroatoms. The van der Waals surface area contributed by atoms with Crippen molar-refractivity contribution in [1.82, 2.24) is 30.2 Å². The van der Waals surface area contributed by atoms with Crippen LogP contribution in [0.1, 0.15) is 67.2 Å². The predicted octanol–water partition coefficient (Wildman–Crippen LogP) is 5.62. The summed E-state index contributed by atoms with van der Waals surface area (Å²) in [5, 5.41) is 12.9. The zero-order valence-corrected chi connectivity index (χ0v) is 33.3. The Balaban J connectivity index is 0.00000580. The largest absolute Gasteiger partial charge is 0.478 e. The van der Waals surface area contributed by atoms with Crippen LogP contribution in [0.4, 0.5) is 16.6 Å². The lowest BCUT2D eigenvalue weighted by Crippen LogP contribution is -2.42. The number of benzene rings is 2. The van der Waals surface area contributed by atoms with Crippen LogP contribution in [-0.4, -0.2) is 94.3 Å². The number of carboxylic acids is 1. The Labute approximate surface area is 327 Å². The summed E-state index contributed by atoms with van der Waals surface area (Å²) in [6.45, 7) is 9.98. The number of anilines is 2. The van der Waals surface area contributed by atoms with Gasteiger partial charge in [-0.3, -0.25) is 4.98 Å². The Hall–Kier alpha value is -5.06. The molecule has 2 fully saturated rings. The summed E-state index contributed by atoms with van der Waals surface area (Å²) in [7, 11) is -2.30. The van der Waals surface area contributed by atoms with Gasteiger partial charge < -0.3 is 29.7 Å². The summed E-state index contributed by atoms with van der Waals surface area (Å²) in [5.74, 6) is -0.693. The van der Waals surface area contributed by atoms with Gasteiger partial charge in [-0.25, -0.2) is 32.7 Å². The average Bonchev–Trinajstić information content (AvgIpc) is 3.48. The number of amides is 1. The number of carboxylic acid groups (broad SMARTS) is 1. The van der Waals surface area contributed by atoms with Crippen molar-refractivity contribution in [3.63, 3.8) is 0 Å². The molecule has 2 aliphatic rings. The van der Waals surface area contributed by atoms with E-state index >= 15 is 0 Å². The normalized spacial score (nSPS) is 17.2. The summed E-state index contributed by atoms with van der Waals surface area (Å²) in [4.78, 5) is 46.6. The lowest BCUT2D eigenvalue weighted by molar-refractivity contribution is 0.0274. The number of ether oxygens (including phenoxy) is 2. The SMILES string of the molecule is Cc1cccc(C)c1-c1cc(O[C@@H]2CN(C(=O)OC(C)(C)C)C[C@H]2NCc2cncc(N(C)C3CCC3)n2)nc(NS(=O)(=O)c2cccc(C(=O)O)c2)n1.Cl. The molecule has 0 unspecified atom stereocenters. The fourth-order valence-corrected chi connectivity index (χ4v) is 7.41. The Morgan fingerprint density at radius 2 is 1.71 bits per heavy atom. The zero-order valence-electron chi connectivity index (χ0n) is 31.6. The van der Waals surface area contributed by atoms with Crippen molar-refractivity contribution in [1.29, 1.82) is 0 Å². The lowest BCUT2D eigenvalue weighted by Gasteiger charge is -2.35. The van der Waals surface area contributed by atoms with Crippen LogP contribution in [0.5, 0.6) is 5.88 Å². The maximum Gasteiger partial charge on any atom is 0.410 e. The highest BCUT2D eigenvalue weighted by atomic mass is 35.5. The number of aromatic carboxylic acids is 1. The molecule has 2 aromatic heterocycles. The van der Waals surface area contributed by atoms with Crippen molar-refractivity contribution in [2.75, 3.05) is 29.8 Å². The first kappa shape index (κ1) is 41.1. The van der Waals surface area contributed by atoms with Gasteiger partial charge >= 0.3 is 12.1 Å². The van der Waals surface area contributed by atoms with Crippen LogP contribution in [0.25, 0.3) is 11.3 Å². The molecular weight excluding hydrogens is 748 g/mol. The van der Waals surface area contributed by atoms with Gasteiger partial charge in [0, 0.05) is 44.0 Å². The molecule has 3 heterocycles. The summed E-state index contributed by atoms with van der Waals surface area (Å²) >= 11 is 0. The van der Waals surface area contributed by atoms with Gasteiger partial charge in [0.15, 0.2) is 0 Å². The smallest absolute Gasteiger partial charge is 0.410 e. The van der Waals surface area contributed by atoms with Gasteiger partial charge in [-0.2, -0.15) is 4.98 Å².